The van der Waals surface area contributed by atoms with Crippen LogP contribution >= 0.6 is 0 Å². The van der Waals surface area contributed by atoms with Crippen LogP contribution in [0.1, 0.15) is 32.1 Å². The molecule has 0 spiro atoms. The van der Waals surface area contributed by atoms with E-state index in [4.69, 9.17) is 0 Å². The van der Waals surface area contributed by atoms with Crippen LogP contribution in [0.3, 0.4) is 0 Å². The van der Waals surface area contributed by atoms with Crippen LogP contribution in [0, 0.1) is 5.92 Å². The van der Waals surface area contributed by atoms with E-state index in [0.717, 1.165) is 24.7 Å². The van der Waals surface area contributed by atoms with Crippen LogP contribution < -0.4 is 5.56 Å². The highest BCUT2D eigenvalue weighted by Gasteiger charge is 2.29. The maximum Gasteiger partial charge on any atom is 0.266 e. The van der Waals surface area contributed by atoms with Gasteiger partial charge in [0.25, 0.3) is 5.56 Å². The summed E-state index contributed by atoms with van der Waals surface area (Å²) in [6.07, 6.45) is 11.8. The molecule has 6 heteroatoms. The summed E-state index contributed by atoms with van der Waals surface area (Å²) in [5, 5.41) is 4.53. The minimum absolute atomic E-state index is 0.0237. The first-order valence-electron chi connectivity index (χ1n) is 8.60. The average molecular weight is 313 g/mol. The molecule has 0 amide bonds. The van der Waals surface area contributed by atoms with Crippen molar-refractivity contribution in [1.82, 2.24) is 24.2 Å². The van der Waals surface area contributed by atoms with Gasteiger partial charge in [-0.15, -0.1) is 0 Å². The van der Waals surface area contributed by atoms with Crippen LogP contribution in [0.15, 0.2) is 35.6 Å². The lowest BCUT2D eigenvalue weighted by atomic mass is 9.85. The molecule has 4 rings (SSSR count). The molecule has 23 heavy (non-hydrogen) atoms. The van der Waals surface area contributed by atoms with Crippen molar-refractivity contribution in [3.63, 3.8) is 0 Å². The van der Waals surface area contributed by atoms with Gasteiger partial charge in [0.2, 0.25) is 0 Å². The van der Waals surface area contributed by atoms with E-state index in [0.29, 0.717) is 12.6 Å². The first-order chi connectivity index (χ1) is 11.3. The Morgan fingerprint density at radius 2 is 2.04 bits per heavy atom. The summed E-state index contributed by atoms with van der Waals surface area (Å²) >= 11 is 0. The van der Waals surface area contributed by atoms with Crippen molar-refractivity contribution in [1.29, 1.82) is 0 Å². The molecule has 1 unspecified atom stereocenters. The van der Waals surface area contributed by atoms with Crippen molar-refractivity contribution in [2.45, 2.75) is 44.7 Å². The zero-order valence-electron chi connectivity index (χ0n) is 13.3. The Labute approximate surface area is 135 Å². The molecule has 0 bridgehead atoms. The van der Waals surface area contributed by atoms with Gasteiger partial charge in [0, 0.05) is 31.0 Å². The van der Waals surface area contributed by atoms with Gasteiger partial charge in [-0.05, 0) is 44.2 Å². The fraction of sp³-hybridized carbons (Fsp3) is 0.588. The summed E-state index contributed by atoms with van der Waals surface area (Å²) in [5.74, 6) is 1.61. The zero-order valence-corrected chi connectivity index (χ0v) is 13.3. The van der Waals surface area contributed by atoms with Gasteiger partial charge in [0.15, 0.2) is 5.82 Å². The molecular formula is C17H23N5O. The standard InChI is InChI=1S/C17H23N5O/c23-17-7-6-16(21-10-8-18-13-21)19-22(17)12-15-5-2-9-20(15)11-14-3-1-4-14/h6-8,10,13-15H,1-5,9,11-12H2. The van der Waals surface area contributed by atoms with E-state index in [1.165, 1.54) is 32.2 Å². The molecule has 0 N–H and O–H groups in total. The van der Waals surface area contributed by atoms with Crippen molar-refractivity contribution in [2.24, 2.45) is 5.92 Å². The fourth-order valence-electron chi connectivity index (χ4n) is 3.65. The Morgan fingerprint density at radius 3 is 2.78 bits per heavy atom. The van der Waals surface area contributed by atoms with Crippen LogP contribution in [-0.2, 0) is 6.54 Å². The third-order valence-electron chi connectivity index (χ3n) is 5.22. The summed E-state index contributed by atoms with van der Waals surface area (Å²) in [6, 6.07) is 3.80. The molecule has 0 aromatic carbocycles. The molecule has 1 saturated carbocycles. The van der Waals surface area contributed by atoms with Gasteiger partial charge in [-0.3, -0.25) is 14.3 Å². The lowest BCUT2D eigenvalue weighted by molar-refractivity contribution is 0.153. The van der Waals surface area contributed by atoms with Gasteiger partial charge in [0.05, 0.1) is 6.54 Å². The SMILES string of the molecule is O=c1ccc(-n2ccnc2)nn1CC1CCCN1CC1CCC1. The summed E-state index contributed by atoms with van der Waals surface area (Å²) < 4.78 is 3.45. The van der Waals surface area contributed by atoms with E-state index in [1.807, 2.05) is 10.8 Å². The summed E-state index contributed by atoms with van der Waals surface area (Å²) in [5.41, 5.74) is -0.0237. The second kappa shape index (κ2) is 6.28. The van der Waals surface area contributed by atoms with Crippen molar-refractivity contribution < 1.29 is 0 Å². The first kappa shape index (κ1) is 14.6. The molecule has 0 radical (unpaired) electrons. The Hall–Kier alpha value is -1.95. The predicted octanol–water partition coefficient (Wildman–Crippen LogP) is 1.69. The number of aromatic nitrogens is 4. The predicted molar refractivity (Wildman–Crippen MR) is 87.6 cm³/mol. The summed E-state index contributed by atoms with van der Waals surface area (Å²) in [6.45, 7) is 3.05. The van der Waals surface area contributed by atoms with Gasteiger partial charge >= 0.3 is 0 Å². The average Bonchev–Trinajstić information content (AvgIpc) is 3.17. The molecule has 2 aromatic heterocycles. The minimum Gasteiger partial charge on any atom is -0.298 e. The maximum atomic E-state index is 12.2. The van der Waals surface area contributed by atoms with Crippen molar-refractivity contribution in [3.05, 3.63) is 41.2 Å². The van der Waals surface area contributed by atoms with Gasteiger partial charge in [-0.25, -0.2) is 9.67 Å². The summed E-state index contributed by atoms with van der Waals surface area (Å²) in [4.78, 5) is 18.8. The molecule has 6 nitrogen and oxygen atoms in total. The van der Waals surface area contributed by atoms with E-state index in [-0.39, 0.29) is 5.56 Å². The highest BCUT2D eigenvalue weighted by atomic mass is 16.1. The van der Waals surface area contributed by atoms with E-state index in [2.05, 4.69) is 15.0 Å². The Balaban J connectivity index is 1.51. The smallest absolute Gasteiger partial charge is 0.266 e. The molecule has 122 valence electrons. The number of nitrogens with zero attached hydrogens (tertiary/aromatic N) is 5. The Kier molecular flexibility index (Phi) is 3.99. The van der Waals surface area contributed by atoms with Crippen LogP contribution in [0.25, 0.3) is 5.82 Å². The molecule has 1 aliphatic heterocycles. The van der Waals surface area contributed by atoms with E-state index in [9.17, 15) is 4.79 Å². The molecule has 3 heterocycles. The number of rotatable bonds is 5. The van der Waals surface area contributed by atoms with Gasteiger partial charge in [-0.2, -0.15) is 5.10 Å². The second-order valence-electron chi connectivity index (χ2n) is 6.77. The van der Waals surface area contributed by atoms with Gasteiger partial charge in [0.1, 0.15) is 6.33 Å². The lowest BCUT2D eigenvalue weighted by Gasteiger charge is -2.33. The molecule has 1 atom stereocenters. The van der Waals surface area contributed by atoms with Crippen molar-refractivity contribution in [2.75, 3.05) is 13.1 Å². The highest BCUT2D eigenvalue weighted by molar-refractivity contribution is 5.19. The van der Waals surface area contributed by atoms with Crippen molar-refractivity contribution in [3.8, 4) is 5.82 Å². The topological polar surface area (TPSA) is 56.0 Å². The third-order valence-corrected chi connectivity index (χ3v) is 5.22. The van der Waals surface area contributed by atoms with Crippen LogP contribution in [-0.4, -0.2) is 43.4 Å². The zero-order chi connectivity index (χ0) is 15.6. The maximum absolute atomic E-state index is 12.2. The normalized spacial score (nSPS) is 22.3. The second-order valence-corrected chi connectivity index (χ2v) is 6.77. The van der Waals surface area contributed by atoms with Crippen molar-refractivity contribution >= 4 is 0 Å². The molecular weight excluding hydrogens is 290 g/mol. The highest BCUT2D eigenvalue weighted by Crippen LogP contribution is 2.30. The first-order valence-corrected chi connectivity index (χ1v) is 8.60. The molecule has 2 aliphatic rings. The van der Waals surface area contributed by atoms with Gasteiger partial charge < -0.3 is 0 Å². The fourth-order valence-corrected chi connectivity index (χ4v) is 3.65. The quantitative estimate of drug-likeness (QED) is 0.843. The minimum atomic E-state index is -0.0237. The molecule has 2 aromatic rings. The summed E-state index contributed by atoms with van der Waals surface area (Å²) in [7, 11) is 0. The Bertz CT molecular complexity index is 704. The third kappa shape index (κ3) is 3.08. The van der Waals surface area contributed by atoms with Crippen LogP contribution in [0.5, 0.6) is 0 Å². The Morgan fingerprint density at radius 1 is 1.13 bits per heavy atom. The monoisotopic (exact) mass is 313 g/mol. The lowest BCUT2D eigenvalue weighted by Crippen LogP contribution is -2.40. The van der Waals surface area contributed by atoms with Crippen LogP contribution in [0.2, 0.25) is 0 Å². The largest absolute Gasteiger partial charge is 0.298 e. The molecule has 1 saturated heterocycles. The van der Waals surface area contributed by atoms with E-state index < -0.39 is 0 Å². The molecule has 1 aliphatic carbocycles. The van der Waals surface area contributed by atoms with Crippen LogP contribution in [0.4, 0.5) is 0 Å². The number of hydrogen-bond donors (Lipinski definition) is 0. The molecule has 2 fully saturated rings. The number of imidazole rings is 1. The van der Waals surface area contributed by atoms with Gasteiger partial charge in [-0.1, -0.05) is 6.42 Å². The number of likely N-dealkylation sites (tertiary alicyclic amines) is 1. The number of hydrogen-bond acceptors (Lipinski definition) is 4. The van der Waals surface area contributed by atoms with E-state index in [1.54, 1.807) is 29.3 Å². The van der Waals surface area contributed by atoms with E-state index >= 15 is 0 Å².